The molecule has 10 nitrogen and oxygen atoms in total. The number of aromatic amines is 1. The van der Waals surface area contributed by atoms with E-state index in [0.29, 0.717) is 19.6 Å². The van der Waals surface area contributed by atoms with Crippen LogP contribution >= 0.6 is 7.60 Å². The third-order valence-electron chi connectivity index (χ3n) is 7.05. The molecule has 226 valence electrons. The number of ether oxygens (including phenoxy) is 2. The van der Waals surface area contributed by atoms with Crippen molar-refractivity contribution in [1.82, 2.24) is 9.55 Å². The van der Waals surface area contributed by atoms with Crippen molar-refractivity contribution in [3.63, 3.8) is 0 Å². The first-order valence-electron chi connectivity index (χ1n) is 15.0. The van der Waals surface area contributed by atoms with Crippen LogP contribution in [-0.4, -0.2) is 58.4 Å². The highest BCUT2D eigenvalue weighted by atomic mass is 31.2. The molecule has 1 aliphatic rings. The van der Waals surface area contributed by atoms with E-state index in [1.54, 1.807) is 0 Å². The van der Waals surface area contributed by atoms with Gasteiger partial charge in [-0.2, -0.15) is 0 Å². The summed E-state index contributed by atoms with van der Waals surface area (Å²) in [6.45, 7) is 0.638. The van der Waals surface area contributed by atoms with Crippen LogP contribution in [0.1, 0.15) is 103 Å². The van der Waals surface area contributed by atoms with Gasteiger partial charge in [0.2, 0.25) is 0 Å². The molecule has 0 aromatic carbocycles. The van der Waals surface area contributed by atoms with Crippen LogP contribution in [0.4, 0.5) is 0 Å². The van der Waals surface area contributed by atoms with Crippen LogP contribution in [0.25, 0.3) is 0 Å². The Morgan fingerprint density at radius 3 is 2.08 bits per heavy atom. The standard InChI is InChI=1S/C28H51N2O8P/c31-23-26(22-30-18-17-27(32)29-28(30)33)37-24-39(34,35)38-21-13-20-36-19-12-10-8-6-4-2-1-3-5-7-9-11-14-25-15-16-25/h17-18,25-26,31H,1-16,19-24H2,(H,34,35)(H,29,32,33). The largest absolute Gasteiger partial charge is 0.394 e. The van der Waals surface area contributed by atoms with Gasteiger partial charge >= 0.3 is 13.3 Å². The predicted octanol–water partition coefficient (Wildman–Crippen LogP) is 4.96. The number of nitrogens with zero attached hydrogens (tertiary/aromatic N) is 1. The number of aliphatic hydroxyl groups excluding tert-OH is 1. The van der Waals surface area contributed by atoms with Gasteiger partial charge in [-0.15, -0.1) is 0 Å². The van der Waals surface area contributed by atoms with Gasteiger partial charge in [-0.3, -0.25) is 18.9 Å². The Kier molecular flexibility index (Phi) is 17.9. The third kappa shape index (κ3) is 17.9. The zero-order valence-electron chi connectivity index (χ0n) is 23.6. The van der Waals surface area contributed by atoms with Gasteiger partial charge in [0, 0.05) is 25.5 Å². The SMILES string of the molecule is O=c1ccn(CC(CO)OCP(=O)(O)OCCCOCCCCCCCCCCCCCCC2CC2)c(=O)[nH]1. The summed E-state index contributed by atoms with van der Waals surface area (Å²) in [6.07, 6.45) is 20.6. The fourth-order valence-corrected chi connectivity index (χ4v) is 5.38. The molecule has 1 aromatic heterocycles. The van der Waals surface area contributed by atoms with Crippen LogP contribution in [0.5, 0.6) is 0 Å². The molecule has 11 heteroatoms. The quantitative estimate of drug-likeness (QED) is 0.104. The van der Waals surface area contributed by atoms with Crippen molar-refractivity contribution in [2.24, 2.45) is 5.92 Å². The van der Waals surface area contributed by atoms with E-state index in [2.05, 4.69) is 4.98 Å². The van der Waals surface area contributed by atoms with E-state index in [0.717, 1.165) is 23.3 Å². The number of nitrogens with one attached hydrogen (secondary N) is 1. The van der Waals surface area contributed by atoms with Crippen molar-refractivity contribution < 1.29 is 28.6 Å². The number of H-pyrrole nitrogens is 1. The van der Waals surface area contributed by atoms with Crippen molar-refractivity contribution in [1.29, 1.82) is 0 Å². The van der Waals surface area contributed by atoms with Crippen molar-refractivity contribution in [2.75, 3.05) is 32.8 Å². The maximum Gasteiger partial charge on any atom is 0.353 e. The Balaban J connectivity index is 1.34. The van der Waals surface area contributed by atoms with E-state index < -0.39 is 37.9 Å². The van der Waals surface area contributed by atoms with Crippen LogP contribution in [0.3, 0.4) is 0 Å². The molecule has 0 radical (unpaired) electrons. The highest BCUT2D eigenvalue weighted by molar-refractivity contribution is 7.52. The van der Waals surface area contributed by atoms with Crippen LogP contribution in [-0.2, 0) is 25.1 Å². The summed E-state index contributed by atoms with van der Waals surface area (Å²) < 4.78 is 29.2. The minimum absolute atomic E-state index is 0.0563. The number of hydrogen-bond acceptors (Lipinski definition) is 7. The second kappa shape index (κ2) is 20.6. The minimum Gasteiger partial charge on any atom is -0.394 e. The molecule has 1 aliphatic carbocycles. The Labute approximate surface area is 233 Å². The van der Waals surface area contributed by atoms with Crippen LogP contribution in [0.15, 0.2) is 21.9 Å². The summed E-state index contributed by atoms with van der Waals surface area (Å²) in [5, 5.41) is 9.44. The van der Waals surface area contributed by atoms with Crippen LogP contribution in [0, 0.1) is 5.92 Å². The number of hydrogen-bond donors (Lipinski definition) is 3. The number of unbranched alkanes of at least 4 members (excludes halogenated alkanes) is 11. The molecule has 0 saturated heterocycles. The Hall–Kier alpha value is -1.29. The number of aromatic nitrogens is 2. The predicted molar refractivity (Wildman–Crippen MR) is 152 cm³/mol. The molecule has 0 amide bonds. The lowest BCUT2D eigenvalue weighted by molar-refractivity contribution is 0.0162. The average Bonchev–Trinajstić information content (AvgIpc) is 3.73. The Morgan fingerprint density at radius 1 is 0.897 bits per heavy atom. The first kappa shape index (κ1) is 33.9. The molecule has 2 unspecified atom stereocenters. The molecule has 0 bridgehead atoms. The maximum absolute atomic E-state index is 12.2. The molecular formula is C28H51N2O8P. The smallest absolute Gasteiger partial charge is 0.353 e. The molecule has 2 atom stereocenters. The first-order chi connectivity index (χ1) is 18.9. The molecule has 1 fully saturated rings. The van der Waals surface area contributed by atoms with Crippen LogP contribution < -0.4 is 11.2 Å². The van der Waals surface area contributed by atoms with Crippen molar-refractivity contribution in [3.8, 4) is 0 Å². The second-order valence-corrected chi connectivity index (χ2v) is 12.6. The minimum atomic E-state index is -4.01. The fraction of sp³-hybridized carbons (Fsp3) is 0.857. The lowest BCUT2D eigenvalue weighted by Crippen LogP contribution is -2.34. The summed E-state index contributed by atoms with van der Waals surface area (Å²) in [6, 6.07) is 1.17. The van der Waals surface area contributed by atoms with Gasteiger partial charge in [-0.05, 0) is 18.8 Å². The summed E-state index contributed by atoms with van der Waals surface area (Å²) in [5.74, 6) is 1.09. The van der Waals surface area contributed by atoms with Gasteiger partial charge in [-0.1, -0.05) is 89.9 Å². The monoisotopic (exact) mass is 574 g/mol. The van der Waals surface area contributed by atoms with E-state index >= 15 is 0 Å². The highest BCUT2D eigenvalue weighted by Crippen LogP contribution is 2.42. The lowest BCUT2D eigenvalue weighted by Gasteiger charge is -2.19. The zero-order valence-corrected chi connectivity index (χ0v) is 24.5. The number of rotatable bonds is 26. The molecule has 3 N–H and O–H groups in total. The van der Waals surface area contributed by atoms with Crippen molar-refractivity contribution in [2.45, 2.75) is 115 Å². The highest BCUT2D eigenvalue weighted by Gasteiger charge is 2.23. The third-order valence-corrected chi connectivity index (χ3v) is 8.11. The molecule has 0 aliphatic heterocycles. The lowest BCUT2D eigenvalue weighted by atomic mass is 10.0. The van der Waals surface area contributed by atoms with Gasteiger partial charge in [0.25, 0.3) is 5.56 Å². The Bertz CT molecular complexity index is 917. The van der Waals surface area contributed by atoms with Gasteiger partial charge in [-0.25, -0.2) is 4.79 Å². The van der Waals surface area contributed by atoms with Crippen molar-refractivity contribution >= 4 is 7.60 Å². The molecular weight excluding hydrogens is 523 g/mol. The van der Waals surface area contributed by atoms with Gasteiger partial charge in [0.1, 0.15) is 6.35 Å². The molecule has 39 heavy (non-hydrogen) atoms. The van der Waals surface area contributed by atoms with E-state index in [-0.39, 0.29) is 13.2 Å². The fourth-order valence-electron chi connectivity index (χ4n) is 4.49. The van der Waals surface area contributed by atoms with Crippen LogP contribution in [0.2, 0.25) is 0 Å². The summed E-state index contributed by atoms with van der Waals surface area (Å²) in [7, 11) is -4.01. The van der Waals surface area contributed by atoms with Gasteiger partial charge in [0.05, 0.1) is 25.9 Å². The maximum atomic E-state index is 12.2. The normalized spacial score (nSPS) is 15.8. The van der Waals surface area contributed by atoms with E-state index in [4.69, 9.17) is 14.0 Å². The molecule has 1 saturated carbocycles. The summed E-state index contributed by atoms with van der Waals surface area (Å²) >= 11 is 0. The number of aliphatic hydroxyl groups is 1. The van der Waals surface area contributed by atoms with E-state index in [1.165, 1.54) is 95.7 Å². The van der Waals surface area contributed by atoms with Gasteiger partial charge < -0.3 is 24.0 Å². The van der Waals surface area contributed by atoms with Crippen molar-refractivity contribution in [3.05, 3.63) is 33.1 Å². The molecule has 1 aromatic rings. The molecule has 1 heterocycles. The van der Waals surface area contributed by atoms with E-state index in [9.17, 15) is 24.2 Å². The zero-order chi connectivity index (χ0) is 28.2. The molecule has 2 rings (SSSR count). The second-order valence-electron chi connectivity index (χ2n) is 10.8. The summed E-state index contributed by atoms with van der Waals surface area (Å²) in [5.41, 5.74) is -1.19. The first-order valence-corrected chi connectivity index (χ1v) is 16.7. The average molecular weight is 575 g/mol. The van der Waals surface area contributed by atoms with Gasteiger partial charge in [0.15, 0.2) is 0 Å². The topological polar surface area (TPSA) is 140 Å². The Morgan fingerprint density at radius 2 is 1.49 bits per heavy atom. The molecule has 0 spiro atoms. The summed E-state index contributed by atoms with van der Waals surface area (Å²) in [4.78, 5) is 34.9. The van der Waals surface area contributed by atoms with E-state index in [1.807, 2.05) is 0 Å².